The minimum Gasteiger partial charge on any atom is -0.466 e. The fourth-order valence-electron chi connectivity index (χ4n) is 1.46. The van der Waals surface area contributed by atoms with Crippen LogP contribution in [0.5, 0.6) is 0 Å². The van der Waals surface area contributed by atoms with E-state index in [4.69, 9.17) is 4.74 Å². The van der Waals surface area contributed by atoms with Crippen molar-refractivity contribution in [3.05, 3.63) is 0 Å². The Bertz CT molecular complexity index is 144. The Morgan fingerprint density at radius 1 is 1.64 bits per heavy atom. The highest BCUT2D eigenvalue weighted by atomic mass is 16.5. The van der Waals surface area contributed by atoms with Crippen LogP contribution < -0.4 is 0 Å². The lowest BCUT2D eigenvalue weighted by Crippen LogP contribution is -2.24. The molecule has 0 aromatic rings. The third kappa shape index (κ3) is 1.93. The van der Waals surface area contributed by atoms with Gasteiger partial charge in [-0.25, -0.2) is 0 Å². The molecule has 0 aromatic carbocycles. The highest BCUT2D eigenvalue weighted by molar-refractivity contribution is 5.73. The summed E-state index contributed by atoms with van der Waals surface area (Å²) in [6.45, 7) is 2.18. The monoisotopic (exact) mass is 158 g/mol. The number of ether oxygens (including phenoxy) is 1. The fourth-order valence-corrected chi connectivity index (χ4v) is 1.46. The van der Waals surface area contributed by atoms with Crippen LogP contribution >= 0.6 is 0 Å². The van der Waals surface area contributed by atoms with Gasteiger partial charge in [-0.05, 0) is 26.2 Å². The van der Waals surface area contributed by atoms with Crippen molar-refractivity contribution in [2.75, 3.05) is 6.61 Å². The van der Waals surface area contributed by atoms with Crippen molar-refractivity contribution in [1.82, 2.24) is 0 Å². The van der Waals surface area contributed by atoms with Gasteiger partial charge < -0.3 is 9.84 Å². The number of carbonyl (C=O) groups is 1. The molecule has 1 unspecified atom stereocenters. The number of aliphatic hydroxyl groups is 1. The Kier molecular flexibility index (Phi) is 2.88. The predicted molar refractivity (Wildman–Crippen MR) is 40.0 cm³/mol. The van der Waals surface area contributed by atoms with E-state index in [2.05, 4.69) is 0 Å². The molecular weight excluding hydrogens is 144 g/mol. The second-order valence-corrected chi connectivity index (χ2v) is 2.86. The zero-order chi connectivity index (χ0) is 8.27. The van der Waals surface area contributed by atoms with Gasteiger partial charge in [0.25, 0.3) is 0 Å². The average Bonchev–Trinajstić information content (AvgIpc) is 2.36. The Morgan fingerprint density at radius 3 is 2.82 bits per heavy atom. The average molecular weight is 158 g/mol. The summed E-state index contributed by atoms with van der Waals surface area (Å²) in [6.07, 6.45) is 1.99. The summed E-state index contributed by atoms with van der Waals surface area (Å²) in [5.41, 5.74) is 0. The van der Waals surface area contributed by atoms with Crippen molar-refractivity contribution in [2.45, 2.75) is 32.3 Å². The topological polar surface area (TPSA) is 46.5 Å². The van der Waals surface area contributed by atoms with Gasteiger partial charge in [0.1, 0.15) is 0 Å². The molecule has 11 heavy (non-hydrogen) atoms. The molecule has 1 saturated carbocycles. The van der Waals surface area contributed by atoms with E-state index in [0.717, 1.165) is 19.3 Å². The van der Waals surface area contributed by atoms with Gasteiger partial charge in [-0.3, -0.25) is 4.79 Å². The van der Waals surface area contributed by atoms with Crippen LogP contribution in [0, 0.1) is 5.92 Å². The van der Waals surface area contributed by atoms with Crippen molar-refractivity contribution in [3.8, 4) is 0 Å². The van der Waals surface area contributed by atoms with Crippen LogP contribution in [0.1, 0.15) is 26.2 Å². The third-order valence-electron chi connectivity index (χ3n) is 2.07. The van der Waals surface area contributed by atoms with Gasteiger partial charge in [0.05, 0.1) is 18.6 Å². The van der Waals surface area contributed by atoms with E-state index in [9.17, 15) is 9.90 Å². The van der Waals surface area contributed by atoms with E-state index >= 15 is 0 Å². The van der Waals surface area contributed by atoms with E-state index in [1.807, 2.05) is 0 Å². The van der Waals surface area contributed by atoms with E-state index in [0.29, 0.717) is 6.61 Å². The van der Waals surface area contributed by atoms with Crippen LogP contribution in [0.2, 0.25) is 0 Å². The maximum absolute atomic E-state index is 11.1. The molecule has 0 bridgehead atoms. The quantitative estimate of drug-likeness (QED) is 0.602. The maximum Gasteiger partial charge on any atom is 0.311 e. The first kappa shape index (κ1) is 8.53. The van der Waals surface area contributed by atoms with Gasteiger partial charge >= 0.3 is 5.97 Å². The molecule has 3 nitrogen and oxygen atoms in total. The molecule has 0 radical (unpaired) electrons. The van der Waals surface area contributed by atoms with Crippen molar-refractivity contribution in [3.63, 3.8) is 0 Å². The summed E-state index contributed by atoms with van der Waals surface area (Å²) in [5.74, 6) is -0.493. The molecule has 1 aliphatic carbocycles. The number of hydrogen-bond acceptors (Lipinski definition) is 3. The van der Waals surface area contributed by atoms with E-state index in [1.165, 1.54) is 0 Å². The summed E-state index contributed by atoms with van der Waals surface area (Å²) in [5, 5.41) is 9.29. The van der Waals surface area contributed by atoms with E-state index in [-0.39, 0.29) is 11.9 Å². The largest absolute Gasteiger partial charge is 0.466 e. The normalized spacial score (nSPS) is 30.4. The van der Waals surface area contributed by atoms with E-state index in [1.54, 1.807) is 6.92 Å². The molecule has 3 heteroatoms. The second kappa shape index (κ2) is 3.72. The number of rotatable bonds is 2. The molecule has 0 amide bonds. The van der Waals surface area contributed by atoms with E-state index < -0.39 is 6.10 Å². The van der Waals surface area contributed by atoms with Crippen LogP contribution in [0.25, 0.3) is 0 Å². The van der Waals surface area contributed by atoms with Crippen LogP contribution in [0.3, 0.4) is 0 Å². The van der Waals surface area contributed by atoms with Gasteiger partial charge in [0.15, 0.2) is 0 Å². The summed E-state index contributed by atoms with van der Waals surface area (Å²) < 4.78 is 4.80. The highest BCUT2D eigenvalue weighted by Crippen LogP contribution is 2.26. The van der Waals surface area contributed by atoms with Gasteiger partial charge in [-0.2, -0.15) is 0 Å². The van der Waals surface area contributed by atoms with Crippen molar-refractivity contribution >= 4 is 5.97 Å². The molecule has 0 saturated heterocycles. The van der Waals surface area contributed by atoms with Crippen molar-refractivity contribution < 1.29 is 14.6 Å². The van der Waals surface area contributed by atoms with Gasteiger partial charge in [-0.15, -0.1) is 0 Å². The smallest absolute Gasteiger partial charge is 0.311 e. The summed E-state index contributed by atoms with van der Waals surface area (Å²) >= 11 is 0. The summed E-state index contributed by atoms with van der Waals surface area (Å²) in [6, 6.07) is 0. The maximum atomic E-state index is 11.1. The zero-order valence-corrected chi connectivity index (χ0v) is 6.75. The first-order valence-electron chi connectivity index (χ1n) is 4.10. The number of carbonyl (C=O) groups excluding carboxylic acids is 1. The molecule has 1 N–H and O–H groups in total. The molecule has 0 spiro atoms. The molecular formula is C8H14O3. The van der Waals surface area contributed by atoms with Crippen molar-refractivity contribution in [2.24, 2.45) is 5.92 Å². The predicted octanol–water partition coefficient (Wildman–Crippen LogP) is 0.710. The SMILES string of the molecule is CCOC(=O)C1CCC[C@@H]1O. The lowest BCUT2D eigenvalue weighted by Gasteiger charge is -2.11. The molecule has 64 valence electrons. The lowest BCUT2D eigenvalue weighted by molar-refractivity contribution is -0.150. The second-order valence-electron chi connectivity index (χ2n) is 2.86. The van der Waals surface area contributed by atoms with Crippen LogP contribution in [-0.4, -0.2) is 23.8 Å². The van der Waals surface area contributed by atoms with Crippen molar-refractivity contribution in [1.29, 1.82) is 0 Å². The first-order valence-corrected chi connectivity index (χ1v) is 4.10. The first-order chi connectivity index (χ1) is 5.25. The lowest BCUT2D eigenvalue weighted by atomic mass is 10.1. The molecule has 0 heterocycles. The number of hydrogen-bond donors (Lipinski definition) is 1. The molecule has 0 aliphatic heterocycles. The fraction of sp³-hybridized carbons (Fsp3) is 0.875. The standard InChI is InChI=1S/C8H14O3/c1-2-11-8(10)6-4-3-5-7(6)9/h6-7,9H,2-5H2,1H3/t6?,7-/m0/s1. The molecule has 2 atom stereocenters. The number of esters is 1. The van der Waals surface area contributed by atoms with Gasteiger partial charge in [0, 0.05) is 0 Å². The Balaban J connectivity index is 2.39. The molecule has 1 aliphatic rings. The Morgan fingerprint density at radius 2 is 2.36 bits per heavy atom. The summed E-state index contributed by atoms with van der Waals surface area (Å²) in [4.78, 5) is 11.1. The minimum absolute atomic E-state index is 0.238. The van der Waals surface area contributed by atoms with Crippen LogP contribution in [0.15, 0.2) is 0 Å². The molecule has 1 fully saturated rings. The van der Waals surface area contributed by atoms with Crippen LogP contribution in [-0.2, 0) is 9.53 Å². The number of aliphatic hydroxyl groups excluding tert-OH is 1. The summed E-state index contributed by atoms with van der Waals surface area (Å²) in [7, 11) is 0. The Labute approximate surface area is 66.4 Å². The van der Waals surface area contributed by atoms with Gasteiger partial charge in [-0.1, -0.05) is 0 Å². The van der Waals surface area contributed by atoms with Gasteiger partial charge in [0.2, 0.25) is 0 Å². The molecule has 1 rings (SSSR count). The molecule has 0 aromatic heterocycles. The van der Waals surface area contributed by atoms with Crippen LogP contribution in [0.4, 0.5) is 0 Å². The highest BCUT2D eigenvalue weighted by Gasteiger charge is 2.32. The third-order valence-corrected chi connectivity index (χ3v) is 2.07. The zero-order valence-electron chi connectivity index (χ0n) is 6.75. The minimum atomic E-state index is -0.464. The Hall–Kier alpha value is -0.570.